The van der Waals surface area contributed by atoms with Gasteiger partial charge in [0.15, 0.2) is 5.58 Å². The number of aromatic nitrogens is 1. The van der Waals surface area contributed by atoms with E-state index in [1.54, 1.807) is 0 Å². The number of para-hydroxylation sites is 2. The minimum absolute atomic E-state index is 0.288. The van der Waals surface area contributed by atoms with Gasteiger partial charge in [0.2, 0.25) is 0 Å². The molecular weight excluding hydrogens is 324 g/mol. The number of hydrogen-bond acceptors (Lipinski definition) is 4. The van der Waals surface area contributed by atoms with Gasteiger partial charge >= 0.3 is 6.08 Å². The van der Waals surface area contributed by atoms with Gasteiger partial charge in [-0.05, 0) is 74.4 Å². The zero-order valence-corrected chi connectivity index (χ0v) is 15.3. The van der Waals surface area contributed by atoms with Gasteiger partial charge < -0.3 is 14.5 Å². The largest absolute Gasteiger partial charge is 0.411 e. The van der Waals surface area contributed by atoms with Gasteiger partial charge in [-0.3, -0.25) is 0 Å². The maximum atomic E-state index is 5.76. The van der Waals surface area contributed by atoms with Crippen LogP contribution in [0.25, 0.3) is 11.1 Å². The molecule has 3 aromatic rings. The Labute approximate surface area is 154 Å². The summed E-state index contributed by atoms with van der Waals surface area (Å²) in [5, 5.41) is 3.71. The zero-order chi connectivity index (χ0) is 17.8. The van der Waals surface area contributed by atoms with Crippen molar-refractivity contribution in [3.05, 3.63) is 54.1 Å². The highest BCUT2D eigenvalue weighted by Gasteiger charge is 2.30. The third kappa shape index (κ3) is 4.25. The van der Waals surface area contributed by atoms with Crippen molar-refractivity contribution in [3.63, 3.8) is 0 Å². The molecule has 1 unspecified atom stereocenters. The van der Waals surface area contributed by atoms with E-state index in [2.05, 4.69) is 29.4 Å². The van der Waals surface area contributed by atoms with Crippen LogP contribution in [0.5, 0.6) is 11.8 Å². The molecule has 26 heavy (non-hydrogen) atoms. The Morgan fingerprint density at radius 3 is 2.69 bits per heavy atom. The van der Waals surface area contributed by atoms with E-state index in [-0.39, 0.29) is 6.08 Å². The Bertz CT molecular complexity index is 804. The number of hydrogen-bond donors (Lipinski definition) is 1. The quantitative estimate of drug-likeness (QED) is 0.566. The fourth-order valence-electron chi connectivity index (χ4n) is 3.37. The standard InChI is InChI=1S/C22H26N2O2/c1-2-15-23-19(17-10-11-17)14-9-16-7-12-18(13-8-16)25-22-24-20-5-3-4-6-21(20)26-22/h3-8,12-13,17,19,23H,2,9-11,14-15H2,1H3. The highest BCUT2D eigenvalue weighted by atomic mass is 16.6. The summed E-state index contributed by atoms with van der Waals surface area (Å²) >= 11 is 0. The fourth-order valence-corrected chi connectivity index (χ4v) is 3.37. The lowest BCUT2D eigenvalue weighted by Crippen LogP contribution is -2.32. The number of nitrogens with one attached hydrogen (secondary N) is 1. The fraction of sp³-hybridized carbons (Fsp3) is 0.409. The second kappa shape index (κ2) is 7.92. The van der Waals surface area contributed by atoms with Gasteiger partial charge in [-0.1, -0.05) is 31.2 Å². The molecule has 0 aliphatic heterocycles. The predicted molar refractivity (Wildman–Crippen MR) is 104 cm³/mol. The monoisotopic (exact) mass is 350 g/mol. The van der Waals surface area contributed by atoms with Crippen molar-refractivity contribution < 1.29 is 9.15 Å². The molecule has 0 spiro atoms. The van der Waals surface area contributed by atoms with Crippen molar-refractivity contribution in [1.29, 1.82) is 0 Å². The first-order valence-corrected chi connectivity index (χ1v) is 9.67. The summed E-state index contributed by atoms with van der Waals surface area (Å²) < 4.78 is 11.4. The van der Waals surface area contributed by atoms with Crippen molar-refractivity contribution in [1.82, 2.24) is 10.3 Å². The average Bonchev–Trinajstić information content (AvgIpc) is 3.42. The smallest absolute Gasteiger partial charge is 0.400 e. The Kier molecular flexibility index (Phi) is 5.21. The van der Waals surface area contributed by atoms with Crippen LogP contribution in [0.15, 0.2) is 52.9 Å². The molecule has 4 nitrogen and oxygen atoms in total. The summed E-state index contributed by atoms with van der Waals surface area (Å²) in [6.07, 6.45) is 6.57. The summed E-state index contributed by atoms with van der Waals surface area (Å²) in [6.45, 7) is 3.35. The summed E-state index contributed by atoms with van der Waals surface area (Å²) in [4.78, 5) is 4.35. The lowest BCUT2D eigenvalue weighted by molar-refractivity contribution is 0.343. The van der Waals surface area contributed by atoms with Gasteiger partial charge in [0.1, 0.15) is 11.3 Å². The van der Waals surface area contributed by atoms with E-state index < -0.39 is 0 Å². The second-order valence-corrected chi connectivity index (χ2v) is 7.13. The first-order chi connectivity index (χ1) is 12.8. The first-order valence-electron chi connectivity index (χ1n) is 9.67. The molecule has 1 saturated carbocycles. The van der Waals surface area contributed by atoms with Crippen molar-refractivity contribution in [2.75, 3.05) is 6.54 Å². The number of rotatable bonds is 9. The summed E-state index contributed by atoms with van der Waals surface area (Å²) in [5.41, 5.74) is 2.90. The van der Waals surface area contributed by atoms with Crippen LogP contribution in [0.3, 0.4) is 0 Å². The third-order valence-corrected chi connectivity index (χ3v) is 4.99. The van der Waals surface area contributed by atoms with Crippen LogP contribution in [0.2, 0.25) is 0 Å². The number of benzene rings is 2. The molecule has 1 fully saturated rings. The summed E-state index contributed by atoms with van der Waals surface area (Å²) in [7, 11) is 0. The summed E-state index contributed by atoms with van der Waals surface area (Å²) in [5.74, 6) is 1.64. The molecule has 1 heterocycles. The van der Waals surface area contributed by atoms with Crippen LogP contribution in [0, 0.1) is 5.92 Å². The van der Waals surface area contributed by atoms with Crippen molar-refractivity contribution in [2.45, 2.75) is 45.1 Å². The molecule has 0 saturated heterocycles. The van der Waals surface area contributed by atoms with Gasteiger partial charge in [0.05, 0.1) is 0 Å². The van der Waals surface area contributed by atoms with E-state index in [1.807, 2.05) is 36.4 Å². The average molecular weight is 350 g/mol. The minimum atomic E-state index is 0.288. The minimum Gasteiger partial charge on any atom is -0.411 e. The molecule has 4 rings (SSSR count). The zero-order valence-electron chi connectivity index (χ0n) is 15.3. The molecule has 4 heteroatoms. The van der Waals surface area contributed by atoms with E-state index in [1.165, 1.54) is 31.2 Å². The van der Waals surface area contributed by atoms with E-state index >= 15 is 0 Å². The van der Waals surface area contributed by atoms with Crippen molar-refractivity contribution in [2.24, 2.45) is 5.92 Å². The molecule has 0 bridgehead atoms. The Morgan fingerprint density at radius 1 is 1.15 bits per heavy atom. The molecule has 0 radical (unpaired) electrons. The molecular formula is C22H26N2O2. The summed E-state index contributed by atoms with van der Waals surface area (Å²) in [6, 6.07) is 16.6. The maximum Gasteiger partial charge on any atom is 0.400 e. The first kappa shape index (κ1) is 17.1. The number of fused-ring (bicyclic) bond motifs is 1. The molecule has 2 aromatic carbocycles. The van der Waals surface area contributed by atoms with Crippen LogP contribution in [0.1, 0.15) is 38.2 Å². The van der Waals surface area contributed by atoms with Crippen LogP contribution < -0.4 is 10.1 Å². The lowest BCUT2D eigenvalue weighted by Gasteiger charge is -2.17. The van der Waals surface area contributed by atoms with E-state index in [9.17, 15) is 0 Å². The number of ether oxygens (including phenoxy) is 1. The number of aryl methyl sites for hydroxylation is 1. The molecule has 1 aromatic heterocycles. The number of nitrogens with zero attached hydrogens (tertiary/aromatic N) is 1. The van der Waals surface area contributed by atoms with Crippen LogP contribution in [-0.4, -0.2) is 17.6 Å². The van der Waals surface area contributed by atoms with Gasteiger partial charge in [-0.15, -0.1) is 0 Å². The highest BCUT2D eigenvalue weighted by Crippen LogP contribution is 2.34. The van der Waals surface area contributed by atoms with E-state index in [4.69, 9.17) is 9.15 Å². The topological polar surface area (TPSA) is 47.3 Å². The van der Waals surface area contributed by atoms with Crippen molar-refractivity contribution in [3.8, 4) is 11.8 Å². The SMILES string of the molecule is CCCNC(CCc1ccc(Oc2nc3ccccc3o2)cc1)C1CC1. The lowest BCUT2D eigenvalue weighted by atomic mass is 10.0. The van der Waals surface area contributed by atoms with Crippen LogP contribution in [0.4, 0.5) is 0 Å². The molecule has 1 N–H and O–H groups in total. The molecule has 0 amide bonds. The van der Waals surface area contributed by atoms with Crippen molar-refractivity contribution >= 4 is 11.1 Å². The Hall–Kier alpha value is -2.33. The van der Waals surface area contributed by atoms with Crippen LogP contribution >= 0.6 is 0 Å². The van der Waals surface area contributed by atoms with Gasteiger partial charge in [0.25, 0.3) is 0 Å². The van der Waals surface area contributed by atoms with Gasteiger partial charge in [-0.2, -0.15) is 4.98 Å². The van der Waals surface area contributed by atoms with E-state index in [0.717, 1.165) is 35.7 Å². The maximum absolute atomic E-state index is 5.76. The van der Waals surface area contributed by atoms with Gasteiger partial charge in [-0.25, -0.2) is 0 Å². The molecule has 136 valence electrons. The Morgan fingerprint density at radius 2 is 1.96 bits per heavy atom. The second-order valence-electron chi connectivity index (χ2n) is 7.13. The molecule has 1 aliphatic carbocycles. The highest BCUT2D eigenvalue weighted by molar-refractivity contribution is 5.72. The van der Waals surface area contributed by atoms with Gasteiger partial charge in [0, 0.05) is 6.04 Å². The Balaban J connectivity index is 1.34. The third-order valence-electron chi connectivity index (χ3n) is 4.99. The predicted octanol–water partition coefficient (Wildman–Crippen LogP) is 5.33. The number of oxazole rings is 1. The molecule has 1 aliphatic rings. The molecule has 1 atom stereocenters. The van der Waals surface area contributed by atoms with E-state index in [0.29, 0.717) is 6.04 Å². The normalized spacial score (nSPS) is 15.3. The van der Waals surface area contributed by atoms with Crippen LogP contribution in [-0.2, 0) is 6.42 Å².